The fourth-order valence-corrected chi connectivity index (χ4v) is 3.10. The summed E-state index contributed by atoms with van der Waals surface area (Å²) in [7, 11) is 0. The Labute approximate surface area is 136 Å². The van der Waals surface area contributed by atoms with E-state index in [1.54, 1.807) is 10.9 Å². The normalized spacial score (nSPS) is 16.8. The van der Waals surface area contributed by atoms with Crippen molar-refractivity contribution in [3.05, 3.63) is 45.8 Å². The maximum absolute atomic E-state index is 12.3. The zero-order chi connectivity index (χ0) is 16.4. The minimum absolute atomic E-state index is 0.0955. The molecule has 6 heteroatoms. The van der Waals surface area contributed by atoms with E-state index < -0.39 is 0 Å². The number of aryl methyl sites for hydroxylation is 2. The third-order valence-electron chi connectivity index (χ3n) is 4.89. The average molecular weight is 316 g/mol. The van der Waals surface area contributed by atoms with E-state index in [0.29, 0.717) is 5.92 Å². The highest BCUT2D eigenvalue weighted by molar-refractivity contribution is 5.12. The Hall–Kier alpha value is -1.95. The van der Waals surface area contributed by atoms with Gasteiger partial charge in [0.1, 0.15) is 5.76 Å². The van der Waals surface area contributed by atoms with Gasteiger partial charge in [-0.15, -0.1) is 0 Å². The van der Waals surface area contributed by atoms with E-state index in [4.69, 9.17) is 4.42 Å². The smallest absolute Gasteiger partial charge is 0.256 e. The summed E-state index contributed by atoms with van der Waals surface area (Å²) in [5, 5.41) is 0. The van der Waals surface area contributed by atoms with Gasteiger partial charge < -0.3 is 4.42 Å². The van der Waals surface area contributed by atoms with Gasteiger partial charge in [0.15, 0.2) is 6.39 Å². The van der Waals surface area contributed by atoms with Crippen molar-refractivity contribution < 1.29 is 4.42 Å². The van der Waals surface area contributed by atoms with Crippen molar-refractivity contribution in [2.75, 3.05) is 13.1 Å². The summed E-state index contributed by atoms with van der Waals surface area (Å²) < 4.78 is 7.03. The first-order valence-corrected chi connectivity index (χ1v) is 8.18. The number of piperidine rings is 1. The van der Waals surface area contributed by atoms with Crippen molar-refractivity contribution in [2.45, 2.75) is 46.7 Å². The van der Waals surface area contributed by atoms with Gasteiger partial charge in [0.2, 0.25) is 0 Å². The van der Waals surface area contributed by atoms with Crippen molar-refractivity contribution >= 4 is 0 Å². The minimum Gasteiger partial charge on any atom is -0.448 e. The van der Waals surface area contributed by atoms with Crippen LogP contribution in [0.2, 0.25) is 0 Å². The lowest BCUT2D eigenvalue weighted by molar-refractivity contribution is 0.164. The second kappa shape index (κ2) is 6.66. The Morgan fingerprint density at radius 3 is 2.61 bits per heavy atom. The molecule has 0 aliphatic carbocycles. The molecule has 0 N–H and O–H groups in total. The SMILES string of the molecule is Cc1ncn(CC2CCN(Cc3ncoc3C)CC2)c(=O)c1C. The van der Waals surface area contributed by atoms with E-state index in [9.17, 15) is 4.79 Å². The summed E-state index contributed by atoms with van der Waals surface area (Å²) >= 11 is 0. The van der Waals surface area contributed by atoms with Crippen molar-refractivity contribution in [3.63, 3.8) is 0 Å². The van der Waals surface area contributed by atoms with Crippen molar-refractivity contribution in [2.24, 2.45) is 5.92 Å². The molecule has 0 amide bonds. The Morgan fingerprint density at radius 2 is 1.96 bits per heavy atom. The summed E-state index contributed by atoms with van der Waals surface area (Å²) in [5.74, 6) is 1.44. The van der Waals surface area contributed by atoms with Crippen molar-refractivity contribution in [1.29, 1.82) is 0 Å². The van der Waals surface area contributed by atoms with Crippen LogP contribution in [0, 0.1) is 26.7 Å². The standard InChI is InChI=1S/C17H24N4O2/c1-12-13(2)18-10-21(17(12)22)8-15-4-6-20(7-5-15)9-16-14(3)23-11-19-16/h10-11,15H,4-9H2,1-3H3. The summed E-state index contributed by atoms with van der Waals surface area (Å²) in [6.07, 6.45) is 5.39. The monoisotopic (exact) mass is 316 g/mol. The van der Waals surface area contributed by atoms with Crippen molar-refractivity contribution in [3.8, 4) is 0 Å². The molecule has 1 fully saturated rings. The maximum Gasteiger partial charge on any atom is 0.256 e. The van der Waals surface area contributed by atoms with E-state index in [-0.39, 0.29) is 5.56 Å². The molecule has 2 aromatic rings. The molecule has 1 aliphatic heterocycles. The van der Waals surface area contributed by atoms with Crippen LogP contribution >= 0.6 is 0 Å². The first kappa shape index (κ1) is 15.9. The van der Waals surface area contributed by atoms with Crippen LogP contribution < -0.4 is 5.56 Å². The highest BCUT2D eigenvalue weighted by atomic mass is 16.3. The van der Waals surface area contributed by atoms with Gasteiger partial charge in [-0.3, -0.25) is 14.3 Å². The van der Waals surface area contributed by atoms with Crippen molar-refractivity contribution in [1.82, 2.24) is 19.4 Å². The average Bonchev–Trinajstić information content (AvgIpc) is 2.95. The molecule has 2 aromatic heterocycles. The number of oxazole rings is 1. The topological polar surface area (TPSA) is 64.2 Å². The Balaban J connectivity index is 1.56. The van der Waals surface area contributed by atoms with Crippen LogP contribution in [0.25, 0.3) is 0 Å². The highest BCUT2D eigenvalue weighted by Gasteiger charge is 2.21. The summed E-state index contributed by atoms with van der Waals surface area (Å²) in [6, 6.07) is 0. The predicted octanol–water partition coefficient (Wildman–Crippen LogP) is 2.07. The van der Waals surface area contributed by atoms with Gasteiger partial charge in [0.25, 0.3) is 5.56 Å². The number of aromatic nitrogens is 3. The molecule has 0 radical (unpaired) electrons. The molecule has 3 rings (SSSR count). The number of rotatable bonds is 4. The Kier molecular flexibility index (Phi) is 4.61. The van der Waals surface area contributed by atoms with Crippen LogP contribution in [-0.2, 0) is 13.1 Å². The third kappa shape index (κ3) is 3.52. The fraction of sp³-hybridized carbons (Fsp3) is 0.588. The number of hydrogen-bond acceptors (Lipinski definition) is 5. The lowest BCUT2D eigenvalue weighted by Crippen LogP contribution is -2.36. The number of nitrogens with zero attached hydrogens (tertiary/aromatic N) is 4. The molecule has 0 atom stereocenters. The Morgan fingerprint density at radius 1 is 1.22 bits per heavy atom. The second-order valence-corrected chi connectivity index (χ2v) is 6.49. The van der Waals surface area contributed by atoms with Crippen LogP contribution in [0.5, 0.6) is 0 Å². The van der Waals surface area contributed by atoms with Gasteiger partial charge >= 0.3 is 0 Å². The minimum atomic E-state index is 0.0955. The zero-order valence-electron chi connectivity index (χ0n) is 14.1. The summed E-state index contributed by atoms with van der Waals surface area (Å²) in [4.78, 5) is 23.3. The first-order chi connectivity index (χ1) is 11.0. The van der Waals surface area contributed by atoms with E-state index in [2.05, 4.69) is 14.9 Å². The molecule has 0 saturated carbocycles. The van der Waals surface area contributed by atoms with Crippen LogP contribution in [0.15, 0.2) is 21.9 Å². The first-order valence-electron chi connectivity index (χ1n) is 8.18. The molecule has 0 unspecified atom stereocenters. The van der Waals surface area contributed by atoms with Gasteiger partial charge in [-0.25, -0.2) is 9.97 Å². The lowest BCUT2D eigenvalue weighted by Gasteiger charge is -2.31. The van der Waals surface area contributed by atoms with Crippen LogP contribution in [0.1, 0.15) is 35.6 Å². The molecule has 0 aromatic carbocycles. The van der Waals surface area contributed by atoms with Gasteiger partial charge in [-0.1, -0.05) is 0 Å². The van der Waals surface area contributed by atoms with E-state index in [1.165, 1.54) is 6.39 Å². The zero-order valence-corrected chi connectivity index (χ0v) is 14.1. The number of likely N-dealkylation sites (tertiary alicyclic amines) is 1. The molecule has 124 valence electrons. The molecular formula is C17H24N4O2. The summed E-state index contributed by atoms with van der Waals surface area (Å²) in [5.41, 5.74) is 2.70. The maximum atomic E-state index is 12.3. The van der Waals surface area contributed by atoms with Crippen LogP contribution in [0.4, 0.5) is 0 Å². The van der Waals surface area contributed by atoms with Crippen LogP contribution in [0.3, 0.4) is 0 Å². The molecule has 0 spiro atoms. The molecule has 3 heterocycles. The quantitative estimate of drug-likeness (QED) is 0.864. The van der Waals surface area contributed by atoms with E-state index in [0.717, 1.165) is 61.7 Å². The van der Waals surface area contributed by atoms with Gasteiger partial charge in [-0.2, -0.15) is 0 Å². The van der Waals surface area contributed by atoms with E-state index >= 15 is 0 Å². The number of hydrogen-bond donors (Lipinski definition) is 0. The molecule has 23 heavy (non-hydrogen) atoms. The fourth-order valence-electron chi connectivity index (χ4n) is 3.10. The van der Waals surface area contributed by atoms with Gasteiger partial charge in [0.05, 0.1) is 12.0 Å². The van der Waals surface area contributed by atoms with Gasteiger partial charge in [0, 0.05) is 24.3 Å². The molecule has 0 bridgehead atoms. The van der Waals surface area contributed by atoms with Crippen LogP contribution in [-0.4, -0.2) is 32.5 Å². The third-order valence-corrected chi connectivity index (χ3v) is 4.89. The molecule has 6 nitrogen and oxygen atoms in total. The molecule has 1 aliphatic rings. The molecular weight excluding hydrogens is 292 g/mol. The highest BCUT2D eigenvalue weighted by Crippen LogP contribution is 2.20. The second-order valence-electron chi connectivity index (χ2n) is 6.49. The Bertz CT molecular complexity index is 726. The van der Waals surface area contributed by atoms with E-state index in [1.807, 2.05) is 20.8 Å². The van der Waals surface area contributed by atoms with Gasteiger partial charge in [-0.05, 0) is 52.6 Å². The predicted molar refractivity (Wildman–Crippen MR) is 87.2 cm³/mol. The lowest BCUT2D eigenvalue weighted by atomic mass is 9.96. The molecule has 1 saturated heterocycles. The largest absolute Gasteiger partial charge is 0.448 e. The summed E-state index contributed by atoms with van der Waals surface area (Å²) in [6.45, 7) is 9.36.